The van der Waals surface area contributed by atoms with Gasteiger partial charge in [-0.15, -0.1) is 0 Å². The molecule has 7 unspecified atom stereocenters. The van der Waals surface area contributed by atoms with Crippen molar-refractivity contribution in [1.82, 2.24) is 0 Å². The summed E-state index contributed by atoms with van der Waals surface area (Å²) in [6.45, 7) is 5.46. The Hall–Kier alpha value is -0.120. The van der Waals surface area contributed by atoms with Crippen LogP contribution in [0.4, 0.5) is 0 Å². The van der Waals surface area contributed by atoms with E-state index in [1.54, 1.807) is 0 Å². The van der Waals surface area contributed by atoms with Crippen molar-refractivity contribution in [3.8, 4) is 0 Å². The molecule has 1 aliphatic heterocycles. The largest absolute Gasteiger partial charge is 0.381 e. The van der Waals surface area contributed by atoms with Gasteiger partial charge in [0, 0.05) is 26.1 Å². The van der Waals surface area contributed by atoms with Crippen LogP contribution < -0.4 is 0 Å². The van der Waals surface area contributed by atoms with Crippen LogP contribution in [0.3, 0.4) is 0 Å². The Morgan fingerprint density at radius 1 is 1.10 bits per heavy atom. The smallest absolute Gasteiger partial charge is 0.0661 e. The van der Waals surface area contributed by atoms with Gasteiger partial charge < -0.3 is 14.2 Å². The van der Waals surface area contributed by atoms with Gasteiger partial charge in [0.1, 0.15) is 0 Å². The van der Waals surface area contributed by atoms with Crippen LogP contribution in [-0.2, 0) is 14.2 Å². The molecule has 3 nitrogen and oxygen atoms in total. The van der Waals surface area contributed by atoms with Crippen LogP contribution in [0, 0.1) is 17.8 Å². The molecule has 0 bridgehead atoms. The Morgan fingerprint density at radius 3 is 2.67 bits per heavy atom. The fourth-order valence-corrected chi connectivity index (χ4v) is 4.91. The van der Waals surface area contributed by atoms with Crippen molar-refractivity contribution in [2.24, 2.45) is 17.8 Å². The van der Waals surface area contributed by atoms with Crippen molar-refractivity contribution in [3.63, 3.8) is 0 Å². The Bertz CT molecular complexity index is 332. The van der Waals surface area contributed by atoms with Gasteiger partial charge in [-0.1, -0.05) is 20.3 Å². The molecule has 0 N–H and O–H groups in total. The van der Waals surface area contributed by atoms with E-state index < -0.39 is 0 Å². The summed E-state index contributed by atoms with van der Waals surface area (Å²) in [7, 11) is 1.85. The summed E-state index contributed by atoms with van der Waals surface area (Å²) >= 11 is 0. The van der Waals surface area contributed by atoms with E-state index in [0.717, 1.165) is 24.9 Å². The first-order valence-corrected chi connectivity index (χ1v) is 9.04. The number of unbranched alkanes of at least 4 members (excludes halogenated alkanes) is 1. The van der Waals surface area contributed by atoms with Gasteiger partial charge in [0.15, 0.2) is 0 Å². The molecule has 0 amide bonds. The second-order valence-corrected chi connectivity index (χ2v) is 7.34. The van der Waals surface area contributed by atoms with Gasteiger partial charge in [-0.2, -0.15) is 0 Å². The molecule has 0 radical (unpaired) electrons. The van der Waals surface area contributed by atoms with E-state index in [0.29, 0.717) is 30.3 Å². The molecule has 21 heavy (non-hydrogen) atoms. The molecule has 1 heterocycles. The summed E-state index contributed by atoms with van der Waals surface area (Å²) in [5, 5.41) is 0. The first-order valence-electron chi connectivity index (χ1n) is 9.04. The molecule has 3 fully saturated rings. The van der Waals surface area contributed by atoms with Crippen LogP contribution in [0.25, 0.3) is 0 Å². The molecule has 0 aromatic rings. The summed E-state index contributed by atoms with van der Waals surface area (Å²) < 4.78 is 18.2. The third kappa shape index (κ3) is 3.16. The second-order valence-electron chi connectivity index (χ2n) is 7.34. The van der Waals surface area contributed by atoms with Gasteiger partial charge in [0.05, 0.1) is 24.4 Å². The van der Waals surface area contributed by atoms with Crippen molar-refractivity contribution in [3.05, 3.63) is 0 Å². The fourth-order valence-electron chi connectivity index (χ4n) is 4.91. The summed E-state index contributed by atoms with van der Waals surface area (Å²) in [6.07, 6.45) is 10.2. The number of rotatable bonds is 5. The summed E-state index contributed by atoms with van der Waals surface area (Å²) in [5.74, 6) is 2.09. The minimum atomic E-state index is 0.392. The minimum absolute atomic E-state index is 0.392. The lowest BCUT2D eigenvalue weighted by molar-refractivity contribution is -0.0887. The molecule has 0 aromatic carbocycles. The maximum absolute atomic E-state index is 6.49. The van der Waals surface area contributed by atoms with E-state index in [1.807, 2.05) is 7.11 Å². The van der Waals surface area contributed by atoms with Crippen molar-refractivity contribution in [2.45, 2.75) is 83.2 Å². The monoisotopic (exact) mass is 296 g/mol. The molecule has 7 atom stereocenters. The molecule has 3 aliphatic rings. The van der Waals surface area contributed by atoms with Gasteiger partial charge in [0.25, 0.3) is 0 Å². The van der Waals surface area contributed by atoms with Crippen LogP contribution >= 0.6 is 0 Å². The predicted molar refractivity (Wildman–Crippen MR) is 83.3 cm³/mol. The molecule has 3 heteroatoms. The Labute approximate surface area is 129 Å². The third-order valence-corrected chi connectivity index (χ3v) is 6.14. The highest BCUT2D eigenvalue weighted by atomic mass is 16.5. The standard InChI is InChI=1S/C18H32O3/c1-4-5-10-20-13-6-7-14-15-8-9-16(19-3)12(2)18(15)21-17(14)11-13/h12-18H,4-11H2,1-3H3. The van der Waals surface area contributed by atoms with Gasteiger partial charge in [0.2, 0.25) is 0 Å². The lowest BCUT2D eigenvalue weighted by atomic mass is 9.69. The highest BCUT2D eigenvalue weighted by molar-refractivity contribution is 5.00. The number of fused-ring (bicyclic) bond motifs is 3. The van der Waals surface area contributed by atoms with Crippen LogP contribution in [0.1, 0.15) is 58.8 Å². The normalized spacial score (nSPS) is 46.1. The fraction of sp³-hybridized carbons (Fsp3) is 1.00. The Kier molecular flexibility index (Phi) is 5.23. The summed E-state index contributed by atoms with van der Waals surface area (Å²) in [4.78, 5) is 0. The molecular formula is C18H32O3. The highest BCUT2D eigenvalue weighted by Gasteiger charge is 2.51. The topological polar surface area (TPSA) is 27.7 Å². The number of methoxy groups -OCH3 is 1. The maximum Gasteiger partial charge on any atom is 0.0661 e. The minimum Gasteiger partial charge on any atom is -0.381 e. The zero-order valence-electron chi connectivity index (χ0n) is 13.9. The molecule has 0 spiro atoms. The number of hydrogen-bond donors (Lipinski definition) is 0. The van der Waals surface area contributed by atoms with Crippen LogP contribution in [-0.4, -0.2) is 38.1 Å². The molecule has 0 aromatic heterocycles. The van der Waals surface area contributed by atoms with E-state index in [4.69, 9.17) is 14.2 Å². The van der Waals surface area contributed by atoms with E-state index >= 15 is 0 Å². The zero-order chi connectivity index (χ0) is 14.8. The quantitative estimate of drug-likeness (QED) is 0.722. The predicted octanol–water partition coefficient (Wildman–Crippen LogP) is 3.80. The van der Waals surface area contributed by atoms with Crippen LogP contribution in [0.2, 0.25) is 0 Å². The van der Waals surface area contributed by atoms with E-state index in [9.17, 15) is 0 Å². The van der Waals surface area contributed by atoms with E-state index in [1.165, 1.54) is 38.5 Å². The molecule has 2 aliphatic carbocycles. The molecule has 1 saturated heterocycles. The van der Waals surface area contributed by atoms with Crippen molar-refractivity contribution in [1.29, 1.82) is 0 Å². The van der Waals surface area contributed by atoms with Gasteiger partial charge in [-0.25, -0.2) is 0 Å². The zero-order valence-corrected chi connectivity index (χ0v) is 13.9. The van der Waals surface area contributed by atoms with Crippen molar-refractivity contribution >= 4 is 0 Å². The SMILES string of the molecule is CCCCOC1CCC2C(C1)OC1C(C)C(OC)CCC21. The summed E-state index contributed by atoms with van der Waals surface area (Å²) in [6, 6.07) is 0. The van der Waals surface area contributed by atoms with Crippen LogP contribution in [0.5, 0.6) is 0 Å². The van der Waals surface area contributed by atoms with Gasteiger partial charge in [-0.3, -0.25) is 0 Å². The van der Waals surface area contributed by atoms with E-state index in [2.05, 4.69) is 13.8 Å². The lowest BCUT2D eigenvalue weighted by Crippen LogP contribution is -2.41. The van der Waals surface area contributed by atoms with Gasteiger partial charge in [-0.05, 0) is 43.9 Å². The second kappa shape index (κ2) is 6.97. The molecule has 2 saturated carbocycles. The van der Waals surface area contributed by atoms with E-state index in [-0.39, 0.29) is 0 Å². The molecular weight excluding hydrogens is 264 g/mol. The lowest BCUT2D eigenvalue weighted by Gasteiger charge is -2.38. The summed E-state index contributed by atoms with van der Waals surface area (Å²) in [5.41, 5.74) is 0. The molecule has 3 rings (SSSR count). The Morgan fingerprint density at radius 2 is 1.90 bits per heavy atom. The molecule has 122 valence electrons. The average Bonchev–Trinajstić information content (AvgIpc) is 2.87. The first kappa shape index (κ1) is 15.8. The third-order valence-electron chi connectivity index (χ3n) is 6.14. The van der Waals surface area contributed by atoms with Gasteiger partial charge >= 0.3 is 0 Å². The van der Waals surface area contributed by atoms with Crippen molar-refractivity contribution in [2.75, 3.05) is 13.7 Å². The average molecular weight is 296 g/mol. The first-order chi connectivity index (χ1) is 10.2. The van der Waals surface area contributed by atoms with Crippen LogP contribution in [0.15, 0.2) is 0 Å². The highest BCUT2D eigenvalue weighted by Crippen LogP contribution is 2.49. The maximum atomic E-state index is 6.49. The Balaban J connectivity index is 1.57. The number of hydrogen-bond acceptors (Lipinski definition) is 3. The van der Waals surface area contributed by atoms with Crippen molar-refractivity contribution < 1.29 is 14.2 Å². The number of ether oxygens (including phenoxy) is 3.